The lowest BCUT2D eigenvalue weighted by Gasteiger charge is -2.31. The van der Waals surface area contributed by atoms with Crippen LogP contribution in [0.15, 0.2) is 261 Å². The van der Waals surface area contributed by atoms with E-state index in [-0.39, 0.29) is 16.2 Å². The zero-order chi connectivity index (χ0) is 49.8. The van der Waals surface area contributed by atoms with Gasteiger partial charge in [0, 0.05) is 33.2 Å². The van der Waals surface area contributed by atoms with Gasteiger partial charge in [-0.1, -0.05) is 238 Å². The third-order valence-corrected chi connectivity index (χ3v) is 17.3. The standard InChI is InChI=1S/C73H55N/c1-71(2)63-32-16-13-28-58(63)61-31-19-30-60(70(61)71)56-26-12-11-25-55(56)49-39-44-54(45-40-49)74(68-36-20-35-66-69(68)62-29-15-18-34-65(62)72(66,3)51-21-7-5-8-22-51)53-42-37-48(38-43-53)50-41-46-59-57-27-14-17-33-64(57)73(4,67(59)47-50)52-23-9-6-10-24-52/h5-47H,1-4H3. The first-order chi connectivity index (χ1) is 36.2. The molecule has 11 aromatic rings. The Balaban J connectivity index is 0.905. The lowest BCUT2D eigenvalue weighted by Crippen LogP contribution is -2.22. The summed E-state index contributed by atoms with van der Waals surface area (Å²) in [5, 5.41) is 0. The van der Waals surface area contributed by atoms with Crippen LogP contribution in [0.4, 0.5) is 17.1 Å². The first-order valence-corrected chi connectivity index (χ1v) is 26.2. The van der Waals surface area contributed by atoms with Gasteiger partial charge in [0.05, 0.1) is 5.69 Å². The van der Waals surface area contributed by atoms with Gasteiger partial charge >= 0.3 is 0 Å². The third-order valence-electron chi connectivity index (χ3n) is 17.3. The maximum absolute atomic E-state index is 2.49. The fourth-order valence-corrected chi connectivity index (χ4v) is 13.6. The minimum Gasteiger partial charge on any atom is -0.310 e. The molecule has 14 rings (SSSR count). The second-order valence-corrected chi connectivity index (χ2v) is 21.4. The molecule has 3 aliphatic rings. The summed E-state index contributed by atoms with van der Waals surface area (Å²) < 4.78 is 0. The Hall–Kier alpha value is -8.78. The van der Waals surface area contributed by atoms with Crippen molar-refractivity contribution < 1.29 is 0 Å². The van der Waals surface area contributed by atoms with Gasteiger partial charge < -0.3 is 4.90 Å². The van der Waals surface area contributed by atoms with Crippen LogP contribution in [0, 0.1) is 0 Å². The molecule has 0 aromatic heterocycles. The van der Waals surface area contributed by atoms with Gasteiger partial charge in [-0.2, -0.15) is 0 Å². The highest BCUT2D eigenvalue weighted by Crippen LogP contribution is 2.58. The van der Waals surface area contributed by atoms with Crippen molar-refractivity contribution in [2.45, 2.75) is 43.9 Å². The Morgan fingerprint density at radius 3 is 1.32 bits per heavy atom. The summed E-state index contributed by atoms with van der Waals surface area (Å²) in [6, 6.07) is 97.4. The van der Waals surface area contributed by atoms with E-state index in [0.29, 0.717) is 0 Å². The highest BCUT2D eigenvalue weighted by molar-refractivity contribution is 5.98. The van der Waals surface area contributed by atoms with Gasteiger partial charge in [0.15, 0.2) is 0 Å². The van der Waals surface area contributed by atoms with Crippen LogP contribution in [-0.2, 0) is 16.2 Å². The Morgan fingerprint density at radius 1 is 0.270 bits per heavy atom. The van der Waals surface area contributed by atoms with Crippen LogP contribution < -0.4 is 4.90 Å². The summed E-state index contributed by atoms with van der Waals surface area (Å²) in [7, 11) is 0. The first-order valence-electron chi connectivity index (χ1n) is 26.2. The molecule has 0 saturated carbocycles. The SMILES string of the molecule is CC1(C)c2ccccc2-c2cccc(-c3ccccc3-c3ccc(N(c4ccc(-c5ccc6c(c5)C(C)(c5ccccc5)c5ccccc5-6)cc4)c4cccc5c4-c4ccccc4C5(C)c4ccccc4)cc3)c21. The van der Waals surface area contributed by atoms with Gasteiger partial charge in [-0.15, -0.1) is 0 Å². The van der Waals surface area contributed by atoms with Crippen LogP contribution in [0.1, 0.15) is 72.2 Å². The molecule has 0 N–H and O–H groups in total. The molecule has 0 heterocycles. The van der Waals surface area contributed by atoms with E-state index in [1.54, 1.807) is 0 Å². The van der Waals surface area contributed by atoms with Gasteiger partial charge in [-0.25, -0.2) is 0 Å². The molecule has 0 aliphatic heterocycles. The largest absolute Gasteiger partial charge is 0.310 e. The van der Waals surface area contributed by atoms with Crippen LogP contribution in [0.2, 0.25) is 0 Å². The number of rotatable bonds is 8. The smallest absolute Gasteiger partial charge is 0.0543 e. The summed E-state index contributed by atoms with van der Waals surface area (Å²) in [5.41, 5.74) is 28.6. The van der Waals surface area contributed by atoms with Crippen molar-refractivity contribution in [2.75, 3.05) is 4.90 Å². The average Bonchev–Trinajstić information content (AvgIpc) is 4.09. The van der Waals surface area contributed by atoms with E-state index in [2.05, 4.69) is 293 Å². The topological polar surface area (TPSA) is 3.24 Å². The van der Waals surface area contributed by atoms with E-state index in [4.69, 9.17) is 0 Å². The molecule has 2 atom stereocenters. The predicted molar refractivity (Wildman–Crippen MR) is 310 cm³/mol. The van der Waals surface area contributed by atoms with E-state index >= 15 is 0 Å². The van der Waals surface area contributed by atoms with Gasteiger partial charge in [0.2, 0.25) is 0 Å². The molecular weight excluding hydrogens is 891 g/mol. The van der Waals surface area contributed by atoms with Crippen molar-refractivity contribution in [3.05, 3.63) is 305 Å². The molecule has 3 aliphatic carbocycles. The maximum Gasteiger partial charge on any atom is 0.0543 e. The monoisotopic (exact) mass is 945 g/mol. The Morgan fingerprint density at radius 2 is 0.689 bits per heavy atom. The molecule has 0 amide bonds. The van der Waals surface area contributed by atoms with Crippen molar-refractivity contribution in [3.8, 4) is 66.8 Å². The fourth-order valence-electron chi connectivity index (χ4n) is 13.6. The van der Waals surface area contributed by atoms with E-state index in [1.807, 2.05) is 0 Å². The quantitative estimate of drug-likeness (QED) is 0.147. The van der Waals surface area contributed by atoms with Gasteiger partial charge in [-0.3, -0.25) is 0 Å². The normalized spacial score (nSPS) is 17.1. The minimum absolute atomic E-state index is 0.129. The number of hydrogen-bond donors (Lipinski definition) is 0. The molecule has 0 radical (unpaired) electrons. The maximum atomic E-state index is 2.49. The highest BCUT2D eigenvalue weighted by Gasteiger charge is 2.44. The van der Waals surface area contributed by atoms with Crippen molar-refractivity contribution in [2.24, 2.45) is 0 Å². The number of nitrogens with zero attached hydrogens (tertiary/aromatic N) is 1. The number of fused-ring (bicyclic) bond motifs is 9. The van der Waals surface area contributed by atoms with E-state index in [0.717, 1.165) is 17.1 Å². The molecule has 11 aromatic carbocycles. The molecule has 1 heteroatoms. The summed E-state index contributed by atoms with van der Waals surface area (Å²) in [5.74, 6) is 0. The van der Waals surface area contributed by atoms with Crippen LogP contribution >= 0.6 is 0 Å². The molecule has 74 heavy (non-hydrogen) atoms. The lowest BCUT2D eigenvalue weighted by molar-refractivity contribution is 0.662. The Bertz CT molecular complexity index is 3990. The molecule has 1 nitrogen and oxygen atoms in total. The second kappa shape index (κ2) is 16.6. The van der Waals surface area contributed by atoms with Crippen LogP contribution in [0.5, 0.6) is 0 Å². The van der Waals surface area contributed by atoms with Crippen molar-refractivity contribution in [1.82, 2.24) is 0 Å². The molecule has 0 bridgehead atoms. The molecule has 0 saturated heterocycles. The van der Waals surface area contributed by atoms with E-state index in [1.165, 1.54) is 111 Å². The fraction of sp³-hybridized carbons (Fsp3) is 0.0959. The third kappa shape index (κ3) is 6.36. The molecule has 0 fully saturated rings. The summed E-state index contributed by atoms with van der Waals surface area (Å²) in [6.45, 7) is 9.57. The summed E-state index contributed by atoms with van der Waals surface area (Å²) >= 11 is 0. The Kier molecular flexibility index (Phi) is 9.88. The van der Waals surface area contributed by atoms with E-state index in [9.17, 15) is 0 Å². The zero-order valence-corrected chi connectivity index (χ0v) is 42.3. The van der Waals surface area contributed by atoms with Crippen LogP contribution in [0.25, 0.3) is 66.8 Å². The van der Waals surface area contributed by atoms with Crippen molar-refractivity contribution in [3.63, 3.8) is 0 Å². The molecule has 0 spiro atoms. The Labute approximate surface area is 435 Å². The average molecular weight is 946 g/mol. The first kappa shape index (κ1) is 44.0. The zero-order valence-electron chi connectivity index (χ0n) is 42.3. The number of benzene rings is 11. The predicted octanol–water partition coefficient (Wildman–Crippen LogP) is 19.1. The summed E-state index contributed by atoms with van der Waals surface area (Å²) in [4.78, 5) is 2.49. The van der Waals surface area contributed by atoms with Crippen LogP contribution in [-0.4, -0.2) is 0 Å². The molecule has 352 valence electrons. The van der Waals surface area contributed by atoms with Crippen molar-refractivity contribution >= 4 is 17.1 Å². The van der Waals surface area contributed by atoms with Crippen molar-refractivity contribution in [1.29, 1.82) is 0 Å². The van der Waals surface area contributed by atoms with E-state index < -0.39 is 0 Å². The lowest BCUT2D eigenvalue weighted by atomic mass is 9.74. The number of anilines is 3. The van der Waals surface area contributed by atoms with Gasteiger partial charge in [0.25, 0.3) is 0 Å². The van der Waals surface area contributed by atoms with Crippen LogP contribution in [0.3, 0.4) is 0 Å². The molecule has 2 unspecified atom stereocenters. The number of hydrogen-bond acceptors (Lipinski definition) is 1. The van der Waals surface area contributed by atoms with Gasteiger partial charge in [-0.05, 0) is 156 Å². The molecular formula is C73H55N. The second-order valence-electron chi connectivity index (χ2n) is 21.4. The minimum atomic E-state index is -0.332. The highest BCUT2D eigenvalue weighted by atomic mass is 15.1. The summed E-state index contributed by atoms with van der Waals surface area (Å²) in [6.07, 6.45) is 0. The van der Waals surface area contributed by atoms with Gasteiger partial charge in [0.1, 0.15) is 0 Å².